The van der Waals surface area contributed by atoms with Gasteiger partial charge in [-0.1, -0.05) is 30.3 Å². The van der Waals surface area contributed by atoms with E-state index >= 15 is 0 Å². The number of rotatable bonds is 8. The summed E-state index contributed by atoms with van der Waals surface area (Å²) in [5.41, 5.74) is 0.485. The summed E-state index contributed by atoms with van der Waals surface area (Å²) in [6.07, 6.45) is 2.71. The maximum atomic E-state index is 11.9. The van der Waals surface area contributed by atoms with E-state index in [4.69, 9.17) is 13.9 Å². The van der Waals surface area contributed by atoms with Gasteiger partial charge in [0.1, 0.15) is 11.7 Å². The minimum absolute atomic E-state index is 0.00690. The van der Waals surface area contributed by atoms with Crippen LogP contribution in [-0.4, -0.2) is 33.1 Å². The van der Waals surface area contributed by atoms with Crippen molar-refractivity contribution in [2.75, 3.05) is 13.2 Å². The SMILES string of the molecule is CC(C)(C)C(=O)OCCCC[C@@]1(O[Si](C)(C)C)CO[C@@H]1c1ccccc1. The second-order valence-corrected chi connectivity index (χ2v) is 13.7. The Morgan fingerprint density at radius 3 is 2.35 bits per heavy atom. The van der Waals surface area contributed by atoms with Crippen LogP contribution in [0.25, 0.3) is 0 Å². The number of carbonyl (C=O) groups excluding carboxylic acids is 1. The fraction of sp³-hybridized carbons (Fsp3) is 0.667. The highest BCUT2D eigenvalue weighted by Gasteiger charge is 2.51. The first-order valence-corrected chi connectivity index (χ1v) is 13.0. The third kappa shape index (κ3) is 5.66. The number of benzene rings is 1. The van der Waals surface area contributed by atoms with Crippen molar-refractivity contribution >= 4 is 14.3 Å². The lowest BCUT2D eigenvalue weighted by Crippen LogP contribution is -2.58. The molecular weight excluding hydrogens is 344 g/mol. The predicted molar refractivity (Wildman–Crippen MR) is 107 cm³/mol. The Labute approximate surface area is 159 Å². The van der Waals surface area contributed by atoms with Crippen LogP contribution in [0.3, 0.4) is 0 Å². The molecule has 0 aliphatic carbocycles. The van der Waals surface area contributed by atoms with Crippen molar-refractivity contribution in [2.24, 2.45) is 5.41 Å². The number of hydrogen-bond donors (Lipinski definition) is 0. The normalized spacial score (nSPS) is 23.4. The quantitative estimate of drug-likeness (QED) is 0.358. The van der Waals surface area contributed by atoms with Gasteiger partial charge >= 0.3 is 5.97 Å². The highest BCUT2D eigenvalue weighted by molar-refractivity contribution is 6.69. The van der Waals surface area contributed by atoms with Crippen molar-refractivity contribution in [1.29, 1.82) is 0 Å². The van der Waals surface area contributed by atoms with E-state index in [2.05, 4.69) is 31.8 Å². The zero-order chi connectivity index (χ0) is 19.4. The molecule has 0 unspecified atom stereocenters. The van der Waals surface area contributed by atoms with Crippen LogP contribution in [-0.2, 0) is 18.7 Å². The maximum absolute atomic E-state index is 11.9. The monoisotopic (exact) mass is 378 g/mol. The van der Waals surface area contributed by atoms with Crippen molar-refractivity contribution < 1.29 is 18.7 Å². The average Bonchev–Trinajstić information content (AvgIpc) is 2.51. The molecule has 0 aromatic heterocycles. The molecule has 0 bridgehead atoms. The molecule has 1 aliphatic rings. The molecular formula is C21H34O4Si. The van der Waals surface area contributed by atoms with Crippen LogP contribution in [0, 0.1) is 5.41 Å². The van der Waals surface area contributed by atoms with Crippen LogP contribution in [0.15, 0.2) is 30.3 Å². The van der Waals surface area contributed by atoms with Gasteiger partial charge < -0.3 is 13.9 Å². The number of ether oxygens (including phenoxy) is 2. The molecule has 0 N–H and O–H groups in total. The topological polar surface area (TPSA) is 44.8 Å². The molecule has 1 heterocycles. The minimum atomic E-state index is -1.71. The summed E-state index contributed by atoms with van der Waals surface area (Å²) >= 11 is 0. The molecule has 2 rings (SSSR count). The fourth-order valence-electron chi connectivity index (χ4n) is 3.24. The molecule has 0 spiro atoms. The van der Waals surface area contributed by atoms with Crippen LogP contribution in [0.5, 0.6) is 0 Å². The Morgan fingerprint density at radius 1 is 1.19 bits per heavy atom. The van der Waals surface area contributed by atoms with E-state index in [-0.39, 0.29) is 17.7 Å². The van der Waals surface area contributed by atoms with Crippen molar-refractivity contribution in [2.45, 2.75) is 71.4 Å². The summed E-state index contributed by atoms with van der Waals surface area (Å²) in [6.45, 7) is 13.4. The first-order valence-electron chi connectivity index (χ1n) is 9.57. The lowest BCUT2D eigenvalue weighted by atomic mass is 9.83. The summed E-state index contributed by atoms with van der Waals surface area (Å²) < 4.78 is 17.9. The van der Waals surface area contributed by atoms with Gasteiger partial charge in [0.25, 0.3) is 0 Å². The van der Waals surface area contributed by atoms with Crippen LogP contribution < -0.4 is 0 Å². The highest BCUT2D eigenvalue weighted by atomic mass is 28.4. The van der Waals surface area contributed by atoms with Gasteiger partial charge in [0.05, 0.1) is 18.6 Å². The van der Waals surface area contributed by atoms with Crippen LogP contribution in [0.4, 0.5) is 0 Å². The summed E-state index contributed by atoms with van der Waals surface area (Å²) in [5.74, 6) is -0.139. The highest BCUT2D eigenvalue weighted by Crippen LogP contribution is 2.46. The molecule has 4 nitrogen and oxygen atoms in total. The van der Waals surface area contributed by atoms with E-state index in [0.717, 1.165) is 19.3 Å². The number of carbonyl (C=O) groups is 1. The van der Waals surface area contributed by atoms with Crippen molar-refractivity contribution in [3.8, 4) is 0 Å². The van der Waals surface area contributed by atoms with Gasteiger partial charge in [-0.2, -0.15) is 0 Å². The molecule has 1 aliphatic heterocycles. The second kappa shape index (κ2) is 8.24. The summed E-state index contributed by atoms with van der Waals surface area (Å²) in [7, 11) is -1.71. The Balaban J connectivity index is 1.93. The summed E-state index contributed by atoms with van der Waals surface area (Å²) in [5, 5.41) is 0. The molecule has 146 valence electrons. The minimum Gasteiger partial charge on any atom is -0.465 e. The first-order chi connectivity index (χ1) is 12.0. The molecule has 0 radical (unpaired) electrons. The van der Waals surface area contributed by atoms with E-state index in [1.165, 1.54) is 5.56 Å². The van der Waals surface area contributed by atoms with Crippen LogP contribution >= 0.6 is 0 Å². The molecule has 26 heavy (non-hydrogen) atoms. The lowest BCUT2D eigenvalue weighted by Gasteiger charge is -2.52. The molecule has 5 heteroatoms. The zero-order valence-electron chi connectivity index (χ0n) is 17.1. The fourth-order valence-corrected chi connectivity index (χ4v) is 4.72. The van der Waals surface area contributed by atoms with Gasteiger partial charge in [0.15, 0.2) is 8.32 Å². The first kappa shape index (κ1) is 21.1. The van der Waals surface area contributed by atoms with E-state index < -0.39 is 13.7 Å². The van der Waals surface area contributed by atoms with E-state index in [0.29, 0.717) is 13.2 Å². The second-order valence-electron chi connectivity index (χ2n) is 9.22. The van der Waals surface area contributed by atoms with Crippen molar-refractivity contribution in [3.63, 3.8) is 0 Å². The largest absolute Gasteiger partial charge is 0.465 e. The average molecular weight is 379 g/mol. The maximum Gasteiger partial charge on any atom is 0.311 e. The smallest absolute Gasteiger partial charge is 0.311 e. The van der Waals surface area contributed by atoms with Gasteiger partial charge in [-0.3, -0.25) is 4.79 Å². The Morgan fingerprint density at radius 2 is 1.85 bits per heavy atom. The third-order valence-electron chi connectivity index (χ3n) is 4.42. The van der Waals surface area contributed by atoms with Crippen molar-refractivity contribution in [1.82, 2.24) is 0 Å². The summed E-state index contributed by atoms with van der Waals surface area (Å²) in [6, 6.07) is 10.3. The predicted octanol–water partition coefficient (Wildman–Crippen LogP) is 5.11. The van der Waals surface area contributed by atoms with Gasteiger partial charge in [-0.05, 0) is 65.2 Å². The Bertz CT molecular complexity index is 588. The molecule has 1 aromatic carbocycles. The Kier molecular flexibility index (Phi) is 6.69. The molecule has 1 saturated heterocycles. The lowest BCUT2D eigenvalue weighted by molar-refractivity contribution is -0.235. The van der Waals surface area contributed by atoms with E-state index in [9.17, 15) is 4.79 Å². The number of hydrogen-bond acceptors (Lipinski definition) is 4. The summed E-state index contributed by atoms with van der Waals surface area (Å²) in [4.78, 5) is 11.9. The van der Waals surface area contributed by atoms with Gasteiger partial charge in [0, 0.05) is 0 Å². The van der Waals surface area contributed by atoms with Crippen LogP contribution in [0.1, 0.15) is 51.7 Å². The van der Waals surface area contributed by atoms with Gasteiger partial charge in [0.2, 0.25) is 0 Å². The molecule has 0 amide bonds. The van der Waals surface area contributed by atoms with E-state index in [1.807, 2.05) is 39.0 Å². The Hall–Kier alpha value is -1.17. The molecule has 2 atom stereocenters. The van der Waals surface area contributed by atoms with Crippen LogP contribution in [0.2, 0.25) is 19.6 Å². The number of esters is 1. The van der Waals surface area contributed by atoms with E-state index in [1.54, 1.807) is 0 Å². The number of unbranched alkanes of at least 4 members (excludes halogenated alkanes) is 1. The molecule has 1 fully saturated rings. The van der Waals surface area contributed by atoms with Crippen molar-refractivity contribution in [3.05, 3.63) is 35.9 Å². The van der Waals surface area contributed by atoms with Gasteiger partial charge in [-0.15, -0.1) is 0 Å². The standard InChI is InChI=1S/C21H34O4Si/c1-20(2,3)19(22)23-15-11-10-14-21(25-26(4,5)6)16-24-18(21)17-12-8-7-9-13-17/h7-9,12-13,18H,10-11,14-16H2,1-6H3/t18-,21-/m1/s1. The molecule has 1 aromatic rings. The zero-order valence-corrected chi connectivity index (χ0v) is 18.1. The van der Waals surface area contributed by atoms with Gasteiger partial charge in [-0.25, -0.2) is 0 Å². The third-order valence-corrected chi connectivity index (χ3v) is 5.44. The molecule has 0 saturated carbocycles.